The molecular weight excluding hydrogens is 317 g/mol. The molecule has 0 aromatic heterocycles. The standard InChI is InChI=1S/C18H23Cl2NO/c1-3-17-12-21(2)11-14(17)5-4-8-18(17,22)10-13-6-7-15(19)16(20)9-13/h3,6-7,9,14,22H,1,4-5,8,10-12H2,2H3/t14-,17+,18+/m0/s1. The predicted molar refractivity (Wildman–Crippen MR) is 92.6 cm³/mol. The molecule has 120 valence electrons. The van der Waals surface area contributed by atoms with Crippen LogP contribution in [0.5, 0.6) is 0 Å². The molecule has 1 aromatic carbocycles. The Hall–Kier alpha value is -0.540. The van der Waals surface area contributed by atoms with E-state index in [0.717, 1.165) is 31.5 Å². The molecule has 2 fully saturated rings. The molecule has 0 bridgehead atoms. The van der Waals surface area contributed by atoms with E-state index in [-0.39, 0.29) is 5.41 Å². The molecule has 1 saturated carbocycles. The van der Waals surface area contributed by atoms with E-state index in [4.69, 9.17) is 23.2 Å². The van der Waals surface area contributed by atoms with Gasteiger partial charge in [-0.15, -0.1) is 6.58 Å². The van der Waals surface area contributed by atoms with Crippen LogP contribution in [0.2, 0.25) is 10.0 Å². The van der Waals surface area contributed by atoms with Crippen LogP contribution in [0.15, 0.2) is 30.9 Å². The lowest BCUT2D eigenvalue weighted by atomic mass is 9.57. The molecule has 1 N–H and O–H groups in total. The number of rotatable bonds is 3. The van der Waals surface area contributed by atoms with Crippen LogP contribution in [-0.2, 0) is 6.42 Å². The number of halogens is 2. The number of hydrogen-bond acceptors (Lipinski definition) is 2. The van der Waals surface area contributed by atoms with Gasteiger partial charge in [0.25, 0.3) is 0 Å². The van der Waals surface area contributed by atoms with Gasteiger partial charge in [-0.25, -0.2) is 0 Å². The first-order valence-corrected chi connectivity index (χ1v) is 8.64. The smallest absolute Gasteiger partial charge is 0.0793 e. The Balaban J connectivity index is 1.95. The second-order valence-electron chi connectivity index (χ2n) is 6.99. The highest BCUT2D eigenvalue weighted by Crippen LogP contribution is 2.54. The summed E-state index contributed by atoms with van der Waals surface area (Å²) in [4.78, 5) is 2.32. The highest BCUT2D eigenvalue weighted by atomic mass is 35.5. The third-order valence-corrected chi connectivity index (χ3v) is 6.39. The first-order chi connectivity index (χ1) is 10.4. The van der Waals surface area contributed by atoms with Gasteiger partial charge in [0.15, 0.2) is 0 Å². The molecule has 1 heterocycles. The van der Waals surface area contributed by atoms with Crippen molar-refractivity contribution in [3.63, 3.8) is 0 Å². The van der Waals surface area contributed by atoms with Crippen molar-refractivity contribution in [1.29, 1.82) is 0 Å². The summed E-state index contributed by atoms with van der Waals surface area (Å²) in [5.41, 5.74) is 0.0411. The van der Waals surface area contributed by atoms with Gasteiger partial charge in [-0.1, -0.05) is 41.8 Å². The Morgan fingerprint density at radius 1 is 1.41 bits per heavy atom. The summed E-state index contributed by atoms with van der Waals surface area (Å²) in [6, 6.07) is 5.65. The fourth-order valence-electron chi connectivity index (χ4n) is 4.59. The van der Waals surface area contributed by atoms with Crippen molar-refractivity contribution >= 4 is 23.2 Å². The average Bonchev–Trinajstić information content (AvgIpc) is 2.81. The second kappa shape index (κ2) is 5.83. The lowest BCUT2D eigenvalue weighted by molar-refractivity contribution is -0.100. The number of fused-ring (bicyclic) bond motifs is 1. The maximum absolute atomic E-state index is 11.5. The van der Waals surface area contributed by atoms with E-state index in [1.807, 2.05) is 24.3 Å². The summed E-state index contributed by atoms with van der Waals surface area (Å²) < 4.78 is 0. The van der Waals surface area contributed by atoms with Gasteiger partial charge in [-0.2, -0.15) is 0 Å². The molecule has 0 amide bonds. The second-order valence-corrected chi connectivity index (χ2v) is 7.80. The molecule has 3 rings (SSSR count). The SMILES string of the molecule is C=C[C@@]12CN(C)C[C@@H]1CCC[C@@]2(O)Cc1ccc(Cl)c(Cl)c1. The average molecular weight is 340 g/mol. The maximum Gasteiger partial charge on any atom is 0.0793 e. The Bertz CT molecular complexity index is 590. The van der Waals surface area contributed by atoms with E-state index < -0.39 is 5.60 Å². The van der Waals surface area contributed by atoms with Gasteiger partial charge >= 0.3 is 0 Å². The number of hydrogen-bond donors (Lipinski definition) is 1. The van der Waals surface area contributed by atoms with Crippen molar-refractivity contribution in [2.24, 2.45) is 11.3 Å². The molecule has 0 radical (unpaired) electrons. The predicted octanol–water partition coefficient (Wildman–Crippen LogP) is 4.18. The van der Waals surface area contributed by atoms with E-state index in [1.54, 1.807) is 0 Å². The Kier molecular flexibility index (Phi) is 4.32. The summed E-state index contributed by atoms with van der Waals surface area (Å²) in [6.07, 6.45) is 5.65. The summed E-state index contributed by atoms with van der Waals surface area (Å²) in [5, 5.41) is 12.7. The van der Waals surface area contributed by atoms with E-state index in [1.165, 1.54) is 6.42 Å². The van der Waals surface area contributed by atoms with Crippen molar-refractivity contribution in [3.8, 4) is 0 Å². The fraction of sp³-hybridized carbons (Fsp3) is 0.556. The first-order valence-electron chi connectivity index (χ1n) is 7.89. The van der Waals surface area contributed by atoms with E-state index in [0.29, 0.717) is 22.4 Å². The van der Waals surface area contributed by atoms with Crippen LogP contribution in [-0.4, -0.2) is 35.7 Å². The largest absolute Gasteiger partial charge is 0.389 e. The van der Waals surface area contributed by atoms with Crippen molar-refractivity contribution in [2.75, 3.05) is 20.1 Å². The monoisotopic (exact) mass is 339 g/mol. The number of benzene rings is 1. The molecule has 1 saturated heterocycles. The Labute approximate surface area is 142 Å². The van der Waals surface area contributed by atoms with Crippen LogP contribution >= 0.6 is 23.2 Å². The van der Waals surface area contributed by atoms with Gasteiger partial charge < -0.3 is 10.0 Å². The van der Waals surface area contributed by atoms with Gasteiger partial charge in [-0.3, -0.25) is 0 Å². The number of nitrogens with zero attached hydrogens (tertiary/aromatic N) is 1. The molecule has 3 atom stereocenters. The van der Waals surface area contributed by atoms with Crippen LogP contribution in [0.1, 0.15) is 24.8 Å². The minimum Gasteiger partial charge on any atom is -0.389 e. The molecule has 2 nitrogen and oxygen atoms in total. The van der Waals surface area contributed by atoms with Crippen molar-refractivity contribution in [3.05, 3.63) is 46.5 Å². The normalized spacial score (nSPS) is 35.4. The summed E-state index contributed by atoms with van der Waals surface area (Å²) >= 11 is 12.1. The molecule has 1 aliphatic heterocycles. The first kappa shape index (κ1) is 16.3. The number of aliphatic hydroxyl groups is 1. The third kappa shape index (κ3) is 2.50. The van der Waals surface area contributed by atoms with Gasteiger partial charge in [0, 0.05) is 24.9 Å². The number of likely N-dealkylation sites (tertiary alicyclic amines) is 1. The summed E-state index contributed by atoms with van der Waals surface area (Å²) in [7, 11) is 2.13. The van der Waals surface area contributed by atoms with E-state index in [9.17, 15) is 5.11 Å². The third-order valence-electron chi connectivity index (χ3n) is 5.65. The highest BCUT2D eigenvalue weighted by Gasteiger charge is 2.58. The van der Waals surface area contributed by atoms with Crippen molar-refractivity contribution in [2.45, 2.75) is 31.3 Å². The van der Waals surface area contributed by atoms with Crippen LogP contribution in [0.25, 0.3) is 0 Å². The zero-order valence-electron chi connectivity index (χ0n) is 13.0. The molecule has 22 heavy (non-hydrogen) atoms. The minimum absolute atomic E-state index is 0.230. The van der Waals surface area contributed by atoms with Gasteiger partial charge in [-0.05, 0) is 43.5 Å². The summed E-state index contributed by atoms with van der Waals surface area (Å²) in [6.45, 7) is 6.00. The topological polar surface area (TPSA) is 23.5 Å². The van der Waals surface area contributed by atoms with Crippen LogP contribution in [0.4, 0.5) is 0 Å². The Morgan fingerprint density at radius 3 is 2.86 bits per heavy atom. The molecule has 0 spiro atoms. The molecule has 1 aliphatic carbocycles. The van der Waals surface area contributed by atoms with Crippen molar-refractivity contribution in [1.82, 2.24) is 4.90 Å². The quantitative estimate of drug-likeness (QED) is 0.834. The zero-order chi connectivity index (χ0) is 16.0. The minimum atomic E-state index is -0.764. The lowest BCUT2D eigenvalue weighted by Gasteiger charge is -2.50. The zero-order valence-corrected chi connectivity index (χ0v) is 14.5. The van der Waals surface area contributed by atoms with Crippen molar-refractivity contribution < 1.29 is 5.11 Å². The summed E-state index contributed by atoms with van der Waals surface area (Å²) in [5.74, 6) is 0.483. The lowest BCUT2D eigenvalue weighted by Crippen LogP contribution is -2.55. The van der Waals surface area contributed by atoms with Crippen LogP contribution in [0, 0.1) is 11.3 Å². The van der Waals surface area contributed by atoms with Gasteiger partial charge in [0.2, 0.25) is 0 Å². The molecular formula is C18H23Cl2NO. The van der Waals surface area contributed by atoms with E-state index in [2.05, 4.69) is 18.5 Å². The Morgan fingerprint density at radius 2 is 2.18 bits per heavy atom. The van der Waals surface area contributed by atoms with Crippen LogP contribution < -0.4 is 0 Å². The van der Waals surface area contributed by atoms with E-state index >= 15 is 0 Å². The molecule has 4 heteroatoms. The van der Waals surface area contributed by atoms with Gasteiger partial charge in [0.05, 0.1) is 15.6 Å². The molecule has 1 aromatic rings. The highest BCUT2D eigenvalue weighted by molar-refractivity contribution is 6.42. The van der Waals surface area contributed by atoms with Gasteiger partial charge in [0.1, 0.15) is 0 Å². The fourth-order valence-corrected chi connectivity index (χ4v) is 4.91. The maximum atomic E-state index is 11.5. The van der Waals surface area contributed by atoms with Crippen LogP contribution in [0.3, 0.4) is 0 Å². The molecule has 2 aliphatic rings. The molecule has 0 unspecified atom stereocenters.